The summed E-state index contributed by atoms with van der Waals surface area (Å²) in [6.07, 6.45) is 1.41. The van der Waals surface area contributed by atoms with Gasteiger partial charge in [0.25, 0.3) is 0 Å². The third kappa shape index (κ3) is 3.70. The fraction of sp³-hybridized carbons (Fsp3) is 0.462. The Labute approximate surface area is 114 Å². The number of nitrogens with two attached hydrogens (primary N) is 1. The first-order valence-corrected chi connectivity index (χ1v) is 7.88. The fourth-order valence-electron chi connectivity index (χ4n) is 2.16. The Kier molecular flexibility index (Phi) is 4.57. The lowest BCUT2D eigenvalue weighted by molar-refractivity contribution is -0.119. The molecule has 5 nitrogen and oxygen atoms in total. The summed E-state index contributed by atoms with van der Waals surface area (Å²) < 4.78 is 25.1. The van der Waals surface area contributed by atoms with E-state index in [0.717, 1.165) is 21.7 Å². The maximum Gasteiger partial charge on any atom is 0.241 e. The molecule has 0 saturated heterocycles. The molecule has 6 heteroatoms. The lowest BCUT2D eigenvalue weighted by Gasteiger charge is -2.29. The number of rotatable bonds is 5. The molecule has 0 bridgehead atoms. The standard InChI is InChI=1S/C13H20N2O3S/c1-5-12(13(14)16)15(19(4,17)18)11-7-9(2)6-10(3)8-11/h6-8,12H,5H2,1-4H3,(H2,14,16)/t12-/m0/s1. The molecule has 0 saturated carbocycles. The number of carbonyl (C=O) groups is 1. The molecule has 0 aliphatic heterocycles. The highest BCUT2D eigenvalue weighted by Gasteiger charge is 2.30. The summed E-state index contributed by atoms with van der Waals surface area (Å²) in [5, 5.41) is 0. The summed E-state index contributed by atoms with van der Waals surface area (Å²) in [5.41, 5.74) is 7.66. The van der Waals surface area contributed by atoms with Crippen LogP contribution in [0.25, 0.3) is 0 Å². The number of benzene rings is 1. The second-order valence-electron chi connectivity index (χ2n) is 4.73. The molecule has 0 aliphatic carbocycles. The van der Waals surface area contributed by atoms with Crippen LogP contribution in [-0.2, 0) is 14.8 Å². The molecule has 0 aromatic heterocycles. The van der Waals surface area contributed by atoms with E-state index >= 15 is 0 Å². The van der Waals surface area contributed by atoms with Crippen LogP contribution in [0.15, 0.2) is 18.2 Å². The Hall–Kier alpha value is -1.56. The van der Waals surface area contributed by atoms with Gasteiger partial charge in [0, 0.05) is 0 Å². The average Bonchev–Trinajstić information content (AvgIpc) is 2.21. The maximum absolute atomic E-state index is 12.0. The molecule has 1 aromatic carbocycles. The van der Waals surface area contributed by atoms with E-state index in [1.165, 1.54) is 0 Å². The van der Waals surface area contributed by atoms with Crippen molar-refractivity contribution in [2.45, 2.75) is 33.2 Å². The van der Waals surface area contributed by atoms with Crippen LogP contribution in [0.5, 0.6) is 0 Å². The van der Waals surface area contributed by atoms with Crippen LogP contribution in [0.2, 0.25) is 0 Å². The van der Waals surface area contributed by atoms with Crippen LogP contribution in [0.1, 0.15) is 24.5 Å². The van der Waals surface area contributed by atoms with E-state index in [2.05, 4.69) is 0 Å². The lowest BCUT2D eigenvalue weighted by Crippen LogP contribution is -2.47. The monoisotopic (exact) mass is 284 g/mol. The third-order valence-corrected chi connectivity index (χ3v) is 4.00. The molecular formula is C13H20N2O3S. The molecule has 1 amide bonds. The minimum absolute atomic E-state index is 0.329. The van der Waals surface area contributed by atoms with Crippen LogP contribution in [0.3, 0.4) is 0 Å². The molecule has 0 heterocycles. The minimum atomic E-state index is -3.58. The van der Waals surface area contributed by atoms with E-state index in [1.807, 2.05) is 19.9 Å². The van der Waals surface area contributed by atoms with Crippen LogP contribution in [0, 0.1) is 13.8 Å². The van der Waals surface area contributed by atoms with Crippen molar-refractivity contribution >= 4 is 21.6 Å². The van der Waals surface area contributed by atoms with Crippen LogP contribution in [-0.4, -0.2) is 26.6 Å². The minimum Gasteiger partial charge on any atom is -0.368 e. The number of hydrogen-bond acceptors (Lipinski definition) is 3. The second kappa shape index (κ2) is 5.61. The van der Waals surface area contributed by atoms with Crippen LogP contribution < -0.4 is 10.0 Å². The zero-order valence-corrected chi connectivity index (χ0v) is 12.5. The van der Waals surface area contributed by atoms with Gasteiger partial charge in [0.1, 0.15) is 6.04 Å². The second-order valence-corrected chi connectivity index (χ2v) is 6.59. The smallest absolute Gasteiger partial charge is 0.241 e. The first-order valence-electron chi connectivity index (χ1n) is 6.03. The van der Waals surface area contributed by atoms with E-state index in [1.54, 1.807) is 19.1 Å². The van der Waals surface area contributed by atoms with Crippen molar-refractivity contribution in [1.29, 1.82) is 0 Å². The number of amides is 1. The number of carbonyl (C=O) groups excluding carboxylic acids is 1. The molecule has 0 fully saturated rings. The van der Waals surface area contributed by atoms with E-state index in [4.69, 9.17) is 5.73 Å². The quantitative estimate of drug-likeness (QED) is 0.885. The zero-order chi connectivity index (χ0) is 14.8. The molecule has 0 unspecified atom stereocenters. The molecule has 19 heavy (non-hydrogen) atoms. The van der Waals surface area contributed by atoms with Crippen molar-refractivity contribution < 1.29 is 13.2 Å². The van der Waals surface area contributed by atoms with Gasteiger partial charge in [0.15, 0.2) is 0 Å². The van der Waals surface area contributed by atoms with Gasteiger partial charge in [0.2, 0.25) is 15.9 Å². The summed E-state index contributed by atoms with van der Waals surface area (Å²) in [4.78, 5) is 11.5. The number of primary amides is 1. The SMILES string of the molecule is CC[C@@H](C(N)=O)N(c1cc(C)cc(C)c1)S(C)(=O)=O. The molecule has 1 aromatic rings. The largest absolute Gasteiger partial charge is 0.368 e. The molecular weight excluding hydrogens is 264 g/mol. The van der Waals surface area contributed by atoms with E-state index in [9.17, 15) is 13.2 Å². The van der Waals surface area contributed by atoms with E-state index in [-0.39, 0.29) is 0 Å². The van der Waals surface area contributed by atoms with Gasteiger partial charge in [-0.1, -0.05) is 13.0 Å². The summed E-state index contributed by atoms with van der Waals surface area (Å²) in [6.45, 7) is 5.49. The Morgan fingerprint density at radius 1 is 1.26 bits per heavy atom. The van der Waals surface area contributed by atoms with Crippen molar-refractivity contribution in [1.82, 2.24) is 0 Å². The number of aryl methyl sites for hydroxylation is 2. The molecule has 106 valence electrons. The predicted molar refractivity (Wildman–Crippen MR) is 76.5 cm³/mol. The average molecular weight is 284 g/mol. The highest BCUT2D eigenvalue weighted by molar-refractivity contribution is 7.92. The molecule has 0 spiro atoms. The van der Waals surface area contributed by atoms with E-state index < -0.39 is 22.0 Å². The lowest BCUT2D eigenvalue weighted by atomic mass is 10.1. The first-order chi connectivity index (χ1) is 8.66. The van der Waals surface area contributed by atoms with Gasteiger partial charge in [0.05, 0.1) is 11.9 Å². The van der Waals surface area contributed by atoms with Crippen molar-refractivity contribution in [2.75, 3.05) is 10.6 Å². The van der Waals surface area contributed by atoms with Gasteiger partial charge in [-0.2, -0.15) is 0 Å². The van der Waals surface area contributed by atoms with Crippen molar-refractivity contribution in [3.05, 3.63) is 29.3 Å². The van der Waals surface area contributed by atoms with Gasteiger partial charge in [-0.15, -0.1) is 0 Å². The maximum atomic E-state index is 12.0. The number of hydrogen-bond donors (Lipinski definition) is 1. The summed E-state index contributed by atoms with van der Waals surface area (Å²) in [5.74, 6) is -0.646. The Bertz CT molecular complexity index is 561. The van der Waals surface area contributed by atoms with E-state index in [0.29, 0.717) is 12.1 Å². The van der Waals surface area contributed by atoms with Crippen molar-refractivity contribution in [3.63, 3.8) is 0 Å². The van der Waals surface area contributed by atoms with Crippen LogP contribution in [0.4, 0.5) is 5.69 Å². The van der Waals surface area contributed by atoms with Crippen LogP contribution >= 0.6 is 0 Å². The number of nitrogens with zero attached hydrogens (tertiary/aromatic N) is 1. The van der Waals surface area contributed by atoms with Gasteiger partial charge in [-0.05, 0) is 43.5 Å². The first kappa shape index (κ1) is 15.5. The molecule has 0 radical (unpaired) electrons. The predicted octanol–water partition coefficient (Wildman–Crippen LogP) is 1.33. The van der Waals surface area contributed by atoms with Crippen molar-refractivity contribution in [3.8, 4) is 0 Å². The topological polar surface area (TPSA) is 80.5 Å². The van der Waals surface area contributed by atoms with Gasteiger partial charge in [-0.25, -0.2) is 8.42 Å². The van der Waals surface area contributed by atoms with Gasteiger partial charge < -0.3 is 5.73 Å². The molecule has 2 N–H and O–H groups in total. The number of sulfonamides is 1. The molecule has 0 aliphatic rings. The van der Waals surface area contributed by atoms with Gasteiger partial charge >= 0.3 is 0 Å². The Morgan fingerprint density at radius 2 is 1.74 bits per heavy atom. The highest BCUT2D eigenvalue weighted by Crippen LogP contribution is 2.24. The molecule has 1 atom stereocenters. The van der Waals surface area contributed by atoms with Gasteiger partial charge in [-0.3, -0.25) is 9.10 Å². The Morgan fingerprint density at radius 3 is 2.05 bits per heavy atom. The normalized spacial score (nSPS) is 13.1. The summed E-state index contributed by atoms with van der Waals surface area (Å²) >= 11 is 0. The fourth-order valence-corrected chi connectivity index (χ4v) is 3.37. The summed E-state index contributed by atoms with van der Waals surface area (Å²) in [7, 11) is -3.58. The third-order valence-electron chi connectivity index (χ3n) is 2.82. The van der Waals surface area contributed by atoms with Crippen molar-refractivity contribution in [2.24, 2.45) is 5.73 Å². The zero-order valence-electron chi connectivity index (χ0n) is 11.7. The number of anilines is 1. The summed E-state index contributed by atoms with van der Waals surface area (Å²) in [6, 6.07) is 4.55. The highest BCUT2D eigenvalue weighted by atomic mass is 32.2. The Balaban J connectivity index is 3.44. The molecule has 1 rings (SSSR count).